The number of aromatic nitrogens is 1. The minimum absolute atomic E-state index is 0.0668. The van der Waals surface area contributed by atoms with E-state index in [1.165, 1.54) is 77.0 Å². The number of ether oxygens (including phenoxy) is 2. The summed E-state index contributed by atoms with van der Waals surface area (Å²) in [5, 5.41) is 0. The molecule has 0 radical (unpaired) electrons. The van der Waals surface area contributed by atoms with Crippen LogP contribution in [0.3, 0.4) is 0 Å². The predicted molar refractivity (Wildman–Crippen MR) is 107 cm³/mol. The van der Waals surface area contributed by atoms with Crippen LogP contribution in [0.2, 0.25) is 0 Å². The van der Waals surface area contributed by atoms with Gasteiger partial charge in [-0.25, -0.2) is 0 Å². The van der Waals surface area contributed by atoms with Gasteiger partial charge in [0.15, 0.2) is 11.5 Å². The van der Waals surface area contributed by atoms with Crippen molar-refractivity contribution in [2.75, 3.05) is 0 Å². The smallest absolute Gasteiger partial charge is 0.180 e. The molecule has 0 spiro atoms. The first-order valence-corrected chi connectivity index (χ1v) is 12.0. The summed E-state index contributed by atoms with van der Waals surface area (Å²) in [5.74, 6) is 7.32. The Morgan fingerprint density at radius 2 is 1.00 bits per heavy atom. The molecule has 8 aliphatic carbocycles. The lowest BCUT2D eigenvalue weighted by atomic mass is 9.54. The van der Waals surface area contributed by atoms with Crippen LogP contribution in [-0.4, -0.2) is 16.2 Å². The van der Waals surface area contributed by atoms with Gasteiger partial charge in [0.1, 0.15) is 11.2 Å². The van der Waals surface area contributed by atoms with Crippen molar-refractivity contribution in [3.8, 4) is 11.5 Å². The van der Waals surface area contributed by atoms with E-state index in [4.69, 9.17) is 9.47 Å². The summed E-state index contributed by atoms with van der Waals surface area (Å²) in [4.78, 5) is 4.43. The molecule has 1 aromatic heterocycles. The number of pyridine rings is 1. The van der Waals surface area contributed by atoms with Gasteiger partial charge in [0.25, 0.3) is 0 Å². The molecule has 3 nitrogen and oxygen atoms in total. The van der Waals surface area contributed by atoms with E-state index in [0.717, 1.165) is 47.0 Å². The summed E-state index contributed by atoms with van der Waals surface area (Å²) in [5.41, 5.74) is 0.146. The molecule has 9 rings (SSSR count). The van der Waals surface area contributed by atoms with Crippen molar-refractivity contribution in [3.63, 3.8) is 0 Å². The molecule has 0 aliphatic heterocycles. The fourth-order valence-corrected chi connectivity index (χ4v) is 9.31. The predicted octanol–water partition coefficient (Wildman–Crippen LogP) is 5.78. The quantitative estimate of drug-likeness (QED) is 0.665. The minimum Gasteiger partial charge on any atom is -0.483 e. The van der Waals surface area contributed by atoms with Crippen LogP contribution in [0.25, 0.3) is 0 Å². The van der Waals surface area contributed by atoms with Gasteiger partial charge in [0.2, 0.25) is 0 Å². The van der Waals surface area contributed by atoms with Crippen molar-refractivity contribution in [2.45, 2.75) is 88.3 Å². The Kier molecular flexibility index (Phi) is 3.35. The molecule has 28 heavy (non-hydrogen) atoms. The Bertz CT molecular complexity index is 651. The maximum absolute atomic E-state index is 6.89. The normalized spacial score (nSPS) is 50.1. The molecule has 3 heteroatoms. The van der Waals surface area contributed by atoms with Crippen LogP contribution in [0.4, 0.5) is 0 Å². The fourth-order valence-electron chi connectivity index (χ4n) is 9.31. The molecule has 0 amide bonds. The largest absolute Gasteiger partial charge is 0.483 e. The third-order valence-electron chi connectivity index (χ3n) is 9.36. The van der Waals surface area contributed by atoms with E-state index in [1.54, 1.807) is 0 Å². The highest BCUT2D eigenvalue weighted by Crippen LogP contribution is 2.59. The Hall–Kier alpha value is -1.25. The first-order valence-electron chi connectivity index (χ1n) is 12.0. The zero-order valence-electron chi connectivity index (χ0n) is 16.9. The van der Waals surface area contributed by atoms with E-state index >= 15 is 0 Å². The summed E-state index contributed by atoms with van der Waals surface area (Å²) >= 11 is 0. The lowest BCUT2D eigenvalue weighted by Crippen LogP contribution is -2.54. The maximum Gasteiger partial charge on any atom is 0.180 e. The van der Waals surface area contributed by atoms with Crippen LogP contribution in [0.5, 0.6) is 11.5 Å². The van der Waals surface area contributed by atoms with E-state index in [1.807, 2.05) is 12.4 Å². The number of rotatable bonds is 4. The van der Waals surface area contributed by atoms with Crippen LogP contribution in [0.1, 0.15) is 77.0 Å². The second-order valence-corrected chi connectivity index (χ2v) is 11.7. The topological polar surface area (TPSA) is 31.4 Å². The molecule has 8 fully saturated rings. The van der Waals surface area contributed by atoms with Gasteiger partial charge >= 0.3 is 0 Å². The van der Waals surface area contributed by atoms with Gasteiger partial charge in [-0.15, -0.1) is 0 Å². The van der Waals surface area contributed by atoms with Gasteiger partial charge in [-0.05, 0) is 113 Å². The van der Waals surface area contributed by atoms with Crippen LogP contribution in [0, 0.1) is 35.5 Å². The molecule has 0 atom stereocenters. The minimum atomic E-state index is 0.0668. The highest BCUT2D eigenvalue weighted by Gasteiger charge is 2.54. The average molecular weight is 380 g/mol. The summed E-state index contributed by atoms with van der Waals surface area (Å²) in [6.07, 6.45) is 20.1. The SMILES string of the molecule is c1cc(OC23CC4CC(CC(C4)C2)C3)c(OC23CC4CC(CC(C4)C2)C3)cn1. The molecule has 0 unspecified atom stereocenters. The van der Waals surface area contributed by atoms with Gasteiger partial charge in [-0.1, -0.05) is 0 Å². The zero-order chi connectivity index (χ0) is 18.3. The van der Waals surface area contributed by atoms with E-state index in [-0.39, 0.29) is 11.2 Å². The second-order valence-electron chi connectivity index (χ2n) is 11.7. The van der Waals surface area contributed by atoms with Gasteiger partial charge in [-0.3, -0.25) is 4.98 Å². The summed E-state index contributed by atoms with van der Waals surface area (Å²) in [6.45, 7) is 0. The van der Waals surface area contributed by atoms with Gasteiger partial charge in [0, 0.05) is 12.3 Å². The van der Waals surface area contributed by atoms with E-state index in [9.17, 15) is 0 Å². The highest BCUT2D eigenvalue weighted by molar-refractivity contribution is 5.38. The fraction of sp³-hybridized carbons (Fsp3) is 0.800. The summed E-state index contributed by atoms with van der Waals surface area (Å²) < 4.78 is 13.8. The molecular formula is C25H33NO2. The van der Waals surface area contributed by atoms with Crippen LogP contribution in [-0.2, 0) is 0 Å². The van der Waals surface area contributed by atoms with E-state index in [0.29, 0.717) is 0 Å². The standard InChI is InChI=1S/C25H33NO2/c1-2-26-15-23(28-25-12-19-6-20(13-25)8-21(7-19)14-25)22(1)27-24-9-16-3-17(10-24)5-18(4-16)11-24/h1-2,15-21H,3-14H2. The Balaban J connectivity index is 1.17. The monoisotopic (exact) mass is 379 g/mol. The van der Waals surface area contributed by atoms with E-state index < -0.39 is 0 Å². The lowest BCUT2D eigenvalue weighted by Gasteiger charge is -2.57. The molecular weight excluding hydrogens is 346 g/mol. The zero-order valence-corrected chi connectivity index (χ0v) is 16.9. The number of hydrogen-bond donors (Lipinski definition) is 0. The first-order chi connectivity index (χ1) is 13.6. The number of nitrogens with zero attached hydrogens (tertiary/aromatic N) is 1. The molecule has 0 N–H and O–H groups in total. The molecule has 8 saturated carbocycles. The third kappa shape index (κ3) is 2.57. The van der Waals surface area contributed by atoms with Crippen molar-refractivity contribution >= 4 is 0 Å². The van der Waals surface area contributed by atoms with Crippen LogP contribution >= 0.6 is 0 Å². The van der Waals surface area contributed by atoms with Crippen molar-refractivity contribution in [2.24, 2.45) is 35.5 Å². The summed E-state index contributed by atoms with van der Waals surface area (Å²) in [6, 6.07) is 2.08. The first kappa shape index (κ1) is 16.5. The maximum atomic E-state index is 6.89. The van der Waals surface area contributed by atoms with Crippen molar-refractivity contribution < 1.29 is 9.47 Å². The Labute approximate surface area is 168 Å². The summed E-state index contributed by atoms with van der Waals surface area (Å²) in [7, 11) is 0. The number of hydrogen-bond acceptors (Lipinski definition) is 3. The molecule has 1 aromatic rings. The average Bonchev–Trinajstić information content (AvgIpc) is 2.60. The third-order valence-corrected chi connectivity index (χ3v) is 9.36. The van der Waals surface area contributed by atoms with Crippen molar-refractivity contribution in [1.82, 2.24) is 4.98 Å². The van der Waals surface area contributed by atoms with Crippen molar-refractivity contribution in [1.29, 1.82) is 0 Å². The van der Waals surface area contributed by atoms with Crippen molar-refractivity contribution in [3.05, 3.63) is 18.5 Å². The second kappa shape index (κ2) is 5.67. The molecule has 150 valence electrons. The lowest BCUT2D eigenvalue weighted by molar-refractivity contribution is -0.120. The van der Waals surface area contributed by atoms with E-state index in [2.05, 4.69) is 11.1 Å². The van der Waals surface area contributed by atoms with Crippen LogP contribution in [0.15, 0.2) is 18.5 Å². The van der Waals surface area contributed by atoms with Gasteiger partial charge in [-0.2, -0.15) is 0 Å². The van der Waals surface area contributed by atoms with Gasteiger partial charge < -0.3 is 9.47 Å². The molecule has 0 aromatic carbocycles. The highest BCUT2D eigenvalue weighted by atomic mass is 16.5. The molecule has 0 saturated heterocycles. The Morgan fingerprint density at radius 1 is 0.607 bits per heavy atom. The molecule has 8 bridgehead atoms. The van der Waals surface area contributed by atoms with Crippen LogP contribution < -0.4 is 9.47 Å². The molecule has 1 heterocycles. The molecule has 8 aliphatic rings. The van der Waals surface area contributed by atoms with Gasteiger partial charge in [0.05, 0.1) is 6.20 Å². The Morgan fingerprint density at radius 3 is 1.43 bits per heavy atom.